The van der Waals surface area contributed by atoms with Crippen molar-refractivity contribution in [2.24, 2.45) is 5.73 Å². The Balaban J connectivity index is 1.63. The van der Waals surface area contributed by atoms with Gasteiger partial charge in [0.05, 0.1) is 6.54 Å². The summed E-state index contributed by atoms with van der Waals surface area (Å²) in [4.78, 5) is 15.0. The van der Waals surface area contributed by atoms with Crippen LogP contribution in [0.25, 0.3) is 10.9 Å². The summed E-state index contributed by atoms with van der Waals surface area (Å²) in [6.07, 6.45) is 2.92. The first kappa shape index (κ1) is 15.0. The molecule has 0 aliphatic heterocycles. The third-order valence-corrected chi connectivity index (χ3v) is 3.61. The Hall–Kier alpha value is -2.89. The standard InChI is InChI=1S/C17H20N6/c1-11-9-12(2)22-17(21-11)23-16(18)19-8-7-13-10-20-15-6-4-3-5-14(13)15/h3-6,9-10,20H,7-8H2,1-2H3,(H3,18,19,21,22,23)/p+1. The molecule has 0 radical (unpaired) electrons. The third-order valence-electron chi connectivity index (χ3n) is 3.61. The Morgan fingerprint density at radius 2 is 1.96 bits per heavy atom. The Morgan fingerprint density at radius 3 is 2.74 bits per heavy atom. The first-order valence-electron chi connectivity index (χ1n) is 7.62. The molecule has 1 aromatic carbocycles. The zero-order valence-corrected chi connectivity index (χ0v) is 13.4. The van der Waals surface area contributed by atoms with E-state index in [1.54, 1.807) is 0 Å². The lowest BCUT2D eigenvalue weighted by atomic mass is 10.1. The normalized spacial score (nSPS) is 11.8. The van der Waals surface area contributed by atoms with Crippen LogP contribution in [0.4, 0.5) is 5.95 Å². The maximum absolute atomic E-state index is 5.96. The number of aryl methyl sites for hydroxylation is 2. The van der Waals surface area contributed by atoms with Gasteiger partial charge in [-0.1, -0.05) is 18.2 Å². The second kappa shape index (κ2) is 6.48. The molecule has 6 heteroatoms. The van der Waals surface area contributed by atoms with Crippen molar-refractivity contribution in [1.82, 2.24) is 15.0 Å². The van der Waals surface area contributed by atoms with Crippen LogP contribution in [0.3, 0.4) is 0 Å². The third kappa shape index (κ3) is 3.66. The average molecular weight is 309 g/mol. The van der Waals surface area contributed by atoms with E-state index in [2.05, 4.69) is 37.4 Å². The Labute approximate surface area is 134 Å². The first-order valence-corrected chi connectivity index (χ1v) is 7.62. The fourth-order valence-electron chi connectivity index (χ4n) is 2.62. The molecule has 2 aromatic heterocycles. The highest BCUT2D eigenvalue weighted by molar-refractivity contribution is 5.85. The molecule has 0 saturated carbocycles. The molecule has 0 aliphatic carbocycles. The maximum Gasteiger partial charge on any atom is 0.348 e. The predicted octanol–water partition coefficient (Wildman–Crippen LogP) is 0.625. The van der Waals surface area contributed by atoms with Crippen LogP contribution in [0.1, 0.15) is 17.0 Å². The van der Waals surface area contributed by atoms with Gasteiger partial charge >= 0.3 is 5.96 Å². The zero-order valence-electron chi connectivity index (χ0n) is 13.4. The van der Waals surface area contributed by atoms with Gasteiger partial charge in [-0.2, -0.15) is 0 Å². The Morgan fingerprint density at radius 1 is 1.22 bits per heavy atom. The van der Waals surface area contributed by atoms with Gasteiger partial charge in [-0.15, -0.1) is 0 Å². The van der Waals surface area contributed by atoms with Crippen LogP contribution in [-0.4, -0.2) is 27.5 Å². The van der Waals surface area contributed by atoms with E-state index in [9.17, 15) is 0 Å². The molecule has 5 N–H and O–H groups in total. The van der Waals surface area contributed by atoms with Gasteiger partial charge in [-0.3, -0.25) is 10.7 Å². The van der Waals surface area contributed by atoms with Gasteiger partial charge in [0.15, 0.2) is 0 Å². The molecule has 6 nitrogen and oxygen atoms in total. The van der Waals surface area contributed by atoms with Crippen molar-refractivity contribution in [3.8, 4) is 0 Å². The minimum absolute atomic E-state index is 0.454. The number of nitrogens with two attached hydrogens (primary N) is 1. The lowest BCUT2D eigenvalue weighted by Gasteiger charge is -2.01. The molecule has 3 aromatic rings. The van der Waals surface area contributed by atoms with Crippen LogP contribution >= 0.6 is 0 Å². The summed E-state index contributed by atoms with van der Waals surface area (Å²) in [6.45, 7) is 4.59. The number of anilines is 1. The Kier molecular flexibility index (Phi) is 4.23. The molecule has 0 spiro atoms. The molecule has 23 heavy (non-hydrogen) atoms. The molecule has 118 valence electrons. The SMILES string of the molecule is Cc1cc(C)nc(NC(N)=[NH+]CCc2c[nH]c3ccccc23)n1. The molecule has 0 unspecified atom stereocenters. The number of para-hydroxylation sites is 1. The minimum Gasteiger partial charge on any atom is -0.361 e. The molecule has 0 bridgehead atoms. The summed E-state index contributed by atoms with van der Waals surface area (Å²) < 4.78 is 0. The van der Waals surface area contributed by atoms with Crippen LogP contribution in [-0.2, 0) is 6.42 Å². The van der Waals surface area contributed by atoms with Crippen molar-refractivity contribution in [2.75, 3.05) is 11.9 Å². The summed E-state index contributed by atoms with van der Waals surface area (Å²) in [5.74, 6) is 0.967. The van der Waals surface area contributed by atoms with E-state index in [1.807, 2.05) is 38.2 Å². The zero-order chi connectivity index (χ0) is 16.2. The average Bonchev–Trinajstić information content (AvgIpc) is 2.90. The summed E-state index contributed by atoms with van der Waals surface area (Å²) in [7, 11) is 0. The first-order chi connectivity index (χ1) is 11.1. The minimum atomic E-state index is 0.454. The number of aromatic nitrogens is 3. The number of H-pyrrole nitrogens is 1. The maximum atomic E-state index is 5.96. The van der Waals surface area contributed by atoms with Crippen LogP contribution < -0.4 is 16.0 Å². The van der Waals surface area contributed by atoms with Crippen molar-refractivity contribution < 1.29 is 4.99 Å². The van der Waals surface area contributed by atoms with Crippen LogP contribution in [0.5, 0.6) is 0 Å². The van der Waals surface area contributed by atoms with Gasteiger partial charge < -0.3 is 4.98 Å². The van der Waals surface area contributed by atoms with Gasteiger partial charge in [0, 0.05) is 34.9 Å². The molecule has 0 saturated heterocycles. The van der Waals surface area contributed by atoms with Crippen LogP contribution in [0, 0.1) is 13.8 Å². The van der Waals surface area contributed by atoms with E-state index in [0.29, 0.717) is 11.9 Å². The Bertz CT molecular complexity index is 829. The fraction of sp³-hybridized carbons (Fsp3) is 0.235. The number of hydrogen-bond donors (Lipinski definition) is 4. The van der Waals surface area contributed by atoms with E-state index in [-0.39, 0.29) is 0 Å². The number of nitrogens with zero attached hydrogens (tertiary/aromatic N) is 2. The molecule has 3 rings (SSSR count). The number of hydrogen-bond acceptors (Lipinski definition) is 2. The van der Waals surface area contributed by atoms with Gasteiger partial charge in [-0.05, 0) is 31.5 Å². The number of fused-ring (bicyclic) bond motifs is 1. The second-order valence-electron chi connectivity index (χ2n) is 5.55. The van der Waals surface area contributed by atoms with E-state index in [1.165, 1.54) is 10.9 Å². The van der Waals surface area contributed by atoms with E-state index in [4.69, 9.17) is 5.73 Å². The van der Waals surface area contributed by atoms with E-state index in [0.717, 1.165) is 29.9 Å². The molecular formula is C17H21N6+. The van der Waals surface area contributed by atoms with Crippen molar-refractivity contribution in [1.29, 1.82) is 0 Å². The smallest absolute Gasteiger partial charge is 0.348 e. The predicted molar refractivity (Wildman–Crippen MR) is 92.2 cm³/mol. The molecule has 0 atom stereocenters. The van der Waals surface area contributed by atoms with Crippen molar-refractivity contribution in [2.45, 2.75) is 20.3 Å². The summed E-state index contributed by atoms with van der Waals surface area (Å²) in [5, 5.41) is 4.24. The van der Waals surface area contributed by atoms with Gasteiger partial charge in [-0.25, -0.2) is 15.3 Å². The lowest BCUT2D eigenvalue weighted by Crippen LogP contribution is -2.77. The van der Waals surface area contributed by atoms with Gasteiger partial charge in [0.2, 0.25) is 0 Å². The molecule has 0 amide bonds. The number of benzene rings is 1. The van der Waals surface area contributed by atoms with Crippen molar-refractivity contribution >= 4 is 22.8 Å². The van der Waals surface area contributed by atoms with E-state index < -0.39 is 0 Å². The van der Waals surface area contributed by atoms with Gasteiger partial charge in [0.25, 0.3) is 5.95 Å². The van der Waals surface area contributed by atoms with E-state index >= 15 is 0 Å². The number of nitrogens with one attached hydrogen (secondary N) is 3. The highest BCUT2D eigenvalue weighted by Crippen LogP contribution is 2.17. The van der Waals surface area contributed by atoms with Crippen molar-refractivity contribution in [3.63, 3.8) is 0 Å². The fourth-order valence-corrected chi connectivity index (χ4v) is 2.62. The van der Waals surface area contributed by atoms with Crippen molar-refractivity contribution in [3.05, 3.63) is 53.5 Å². The second-order valence-corrected chi connectivity index (χ2v) is 5.55. The number of guanidine groups is 1. The molecule has 0 aliphatic rings. The number of aromatic amines is 1. The molecule has 0 fully saturated rings. The quantitative estimate of drug-likeness (QED) is 0.420. The van der Waals surface area contributed by atoms with Gasteiger partial charge in [0.1, 0.15) is 0 Å². The highest BCUT2D eigenvalue weighted by atomic mass is 15.2. The molecular weight excluding hydrogens is 288 g/mol. The van der Waals surface area contributed by atoms with Crippen LogP contribution in [0.2, 0.25) is 0 Å². The molecule has 2 heterocycles. The lowest BCUT2D eigenvalue weighted by molar-refractivity contribution is -0.457. The summed E-state index contributed by atoms with van der Waals surface area (Å²) in [6, 6.07) is 10.2. The van der Waals surface area contributed by atoms with Crippen LogP contribution in [0.15, 0.2) is 36.5 Å². The topological polar surface area (TPSA) is 93.6 Å². The number of rotatable bonds is 4. The summed E-state index contributed by atoms with van der Waals surface area (Å²) in [5.41, 5.74) is 10.2. The highest BCUT2D eigenvalue weighted by Gasteiger charge is 2.07. The summed E-state index contributed by atoms with van der Waals surface area (Å²) >= 11 is 0. The monoisotopic (exact) mass is 309 g/mol. The largest absolute Gasteiger partial charge is 0.361 e.